The second kappa shape index (κ2) is 13.9. The van der Waals surface area contributed by atoms with E-state index in [9.17, 15) is 9.59 Å². The van der Waals surface area contributed by atoms with Crippen LogP contribution in [0.25, 0.3) is 33.8 Å². The Kier molecular flexibility index (Phi) is 9.79. The Morgan fingerprint density at radius 2 is 1.66 bits per heavy atom. The number of rotatable bonds is 7. The number of pyridine rings is 1. The standard InChI is InChI=1S/C42H50ClN5O5/c1-23-20-31-37(33(25-10-12-27(43)13-11-25)32(23)36(24(2)49)53-42(6,7)8)52-39(45-31)30-15-14-29-35(44-30)34(46-38(29)41(3,4)5)26-16-18-47(19-17-26)28-21-48(22-28)40(50)51-9/h10-15,20,26,28,36,38H,16-19,21-22H2,1-9H3. The lowest BCUT2D eigenvalue weighted by Crippen LogP contribution is -2.62. The van der Waals surface area contributed by atoms with Crippen LogP contribution in [-0.2, 0) is 14.3 Å². The summed E-state index contributed by atoms with van der Waals surface area (Å²) in [4.78, 5) is 45.0. The van der Waals surface area contributed by atoms with Crippen LogP contribution in [0, 0.1) is 18.3 Å². The maximum Gasteiger partial charge on any atom is 0.409 e. The summed E-state index contributed by atoms with van der Waals surface area (Å²) >= 11 is 6.32. The SMILES string of the molecule is COC(=O)N1CC(N2CCC(C3=NC(C(C)(C)C)c4ccc(-c5nc6cc(C)c(C(OC(C)(C)C)C(C)=O)c(-c7ccc(Cl)cc7)c6o5)nc43)CC2)C1. The number of fused-ring (bicyclic) bond motifs is 2. The number of amides is 1. The van der Waals surface area contributed by atoms with Gasteiger partial charge in [0, 0.05) is 46.8 Å². The molecule has 0 N–H and O–H groups in total. The molecule has 0 aliphatic carbocycles. The van der Waals surface area contributed by atoms with E-state index in [-0.39, 0.29) is 29.3 Å². The molecule has 53 heavy (non-hydrogen) atoms. The summed E-state index contributed by atoms with van der Waals surface area (Å²) in [6, 6.07) is 14.0. The summed E-state index contributed by atoms with van der Waals surface area (Å²) in [6.07, 6.45) is 0.874. The van der Waals surface area contributed by atoms with E-state index in [0.29, 0.717) is 46.8 Å². The van der Waals surface area contributed by atoms with Gasteiger partial charge in [-0.05, 0) is 101 Å². The van der Waals surface area contributed by atoms with Gasteiger partial charge >= 0.3 is 6.09 Å². The van der Waals surface area contributed by atoms with E-state index in [1.807, 2.05) is 64.1 Å². The van der Waals surface area contributed by atoms with E-state index >= 15 is 0 Å². The molecule has 2 aromatic carbocycles. The van der Waals surface area contributed by atoms with E-state index in [0.717, 1.165) is 65.2 Å². The second-order valence-corrected chi connectivity index (χ2v) is 17.3. The fourth-order valence-electron chi connectivity index (χ4n) is 8.01. The van der Waals surface area contributed by atoms with Gasteiger partial charge in [0.1, 0.15) is 17.3 Å². The largest absolute Gasteiger partial charge is 0.453 e. The molecule has 7 rings (SSSR count). The van der Waals surface area contributed by atoms with Gasteiger partial charge in [-0.15, -0.1) is 0 Å². The summed E-state index contributed by atoms with van der Waals surface area (Å²) in [5.41, 5.74) is 7.54. The number of oxazole rings is 1. The highest BCUT2D eigenvalue weighted by molar-refractivity contribution is 6.30. The van der Waals surface area contributed by atoms with Gasteiger partial charge in [-0.1, -0.05) is 50.6 Å². The summed E-state index contributed by atoms with van der Waals surface area (Å²) in [6.45, 7) is 19.4. The average Bonchev–Trinajstić information content (AvgIpc) is 3.68. The fraction of sp³-hybridized carbons (Fsp3) is 0.500. The van der Waals surface area contributed by atoms with Gasteiger partial charge in [0.15, 0.2) is 11.4 Å². The minimum Gasteiger partial charge on any atom is -0.453 e. The van der Waals surface area contributed by atoms with Crippen LogP contribution in [0.5, 0.6) is 0 Å². The number of Topliss-reactive ketones (excluding diaryl/α,β-unsaturated/α-hetero) is 1. The molecule has 280 valence electrons. The molecule has 3 aliphatic rings. The lowest BCUT2D eigenvalue weighted by molar-refractivity contribution is -0.138. The molecule has 0 saturated carbocycles. The molecule has 2 aromatic heterocycles. The van der Waals surface area contributed by atoms with E-state index in [1.165, 1.54) is 7.11 Å². The van der Waals surface area contributed by atoms with Crippen molar-refractivity contribution in [2.45, 2.75) is 92.0 Å². The van der Waals surface area contributed by atoms with Crippen molar-refractivity contribution >= 4 is 40.3 Å². The highest BCUT2D eigenvalue weighted by atomic mass is 35.5. The van der Waals surface area contributed by atoms with Crippen molar-refractivity contribution in [3.05, 3.63) is 69.9 Å². The minimum absolute atomic E-state index is 0.0102. The summed E-state index contributed by atoms with van der Waals surface area (Å²) < 4.78 is 18.0. The Hall–Kier alpha value is -4.12. The maximum atomic E-state index is 13.2. The van der Waals surface area contributed by atoms with Crippen molar-refractivity contribution in [3.63, 3.8) is 0 Å². The normalized spacial score (nSPS) is 19.2. The van der Waals surface area contributed by atoms with Gasteiger partial charge in [-0.25, -0.2) is 14.8 Å². The smallest absolute Gasteiger partial charge is 0.409 e. The number of likely N-dealkylation sites (tertiary alicyclic amines) is 2. The summed E-state index contributed by atoms with van der Waals surface area (Å²) in [5.74, 6) is 0.576. The number of nitrogens with zero attached hydrogens (tertiary/aromatic N) is 5. The van der Waals surface area contributed by atoms with Gasteiger partial charge in [0.05, 0.1) is 30.2 Å². The van der Waals surface area contributed by atoms with Crippen molar-refractivity contribution in [2.75, 3.05) is 33.3 Å². The third-order valence-corrected chi connectivity index (χ3v) is 10.9. The first-order chi connectivity index (χ1) is 25.0. The van der Waals surface area contributed by atoms with Gasteiger partial charge in [-0.2, -0.15) is 0 Å². The van der Waals surface area contributed by atoms with E-state index < -0.39 is 11.7 Å². The van der Waals surface area contributed by atoms with Gasteiger partial charge in [-0.3, -0.25) is 14.7 Å². The number of aryl methyl sites for hydroxylation is 1. The van der Waals surface area contributed by atoms with Gasteiger partial charge < -0.3 is 18.8 Å². The number of ketones is 1. The number of hydrogen-bond acceptors (Lipinski definition) is 9. The number of carbonyl (C=O) groups excluding carboxylic acids is 2. The Labute approximate surface area is 316 Å². The first-order valence-corrected chi connectivity index (χ1v) is 18.9. The summed E-state index contributed by atoms with van der Waals surface area (Å²) in [7, 11) is 1.43. The molecule has 2 unspecified atom stereocenters. The second-order valence-electron chi connectivity index (χ2n) is 16.8. The lowest BCUT2D eigenvalue weighted by atomic mass is 9.83. The number of hydrogen-bond donors (Lipinski definition) is 0. The molecular weight excluding hydrogens is 690 g/mol. The number of halogens is 1. The van der Waals surface area contributed by atoms with Crippen LogP contribution < -0.4 is 0 Å². The molecule has 0 bridgehead atoms. The summed E-state index contributed by atoms with van der Waals surface area (Å²) in [5, 5.41) is 0.610. The Morgan fingerprint density at radius 3 is 2.26 bits per heavy atom. The predicted molar refractivity (Wildman–Crippen MR) is 207 cm³/mol. The quantitative estimate of drug-likeness (QED) is 0.185. The molecule has 10 nitrogen and oxygen atoms in total. The van der Waals surface area contributed by atoms with Crippen LogP contribution in [0.15, 0.2) is 51.9 Å². The topological polar surface area (TPSA) is 110 Å². The van der Waals surface area contributed by atoms with Crippen molar-refractivity contribution in [1.82, 2.24) is 19.8 Å². The Bertz CT molecular complexity index is 2080. The zero-order valence-electron chi connectivity index (χ0n) is 32.2. The Morgan fingerprint density at radius 1 is 0.981 bits per heavy atom. The van der Waals surface area contributed by atoms with Gasteiger partial charge in [0.25, 0.3) is 0 Å². The number of carbonyl (C=O) groups is 2. The maximum absolute atomic E-state index is 13.2. The predicted octanol–water partition coefficient (Wildman–Crippen LogP) is 9.02. The number of benzene rings is 2. The van der Waals surface area contributed by atoms with E-state index in [1.54, 1.807) is 11.8 Å². The first kappa shape index (κ1) is 37.2. The molecule has 2 saturated heterocycles. The van der Waals surface area contributed by atoms with Gasteiger partial charge in [0.2, 0.25) is 5.89 Å². The number of aromatic nitrogens is 2. The van der Waals surface area contributed by atoms with Crippen LogP contribution in [-0.4, -0.2) is 82.3 Å². The van der Waals surface area contributed by atoms with Crippen LogP contribution in [0.4, 0.5) is 4.79 Å². The molecule has 0 spiro atoms. The monoisotopic (exact) mass is 739 g/mol. The number of piperidine rings is 1. The van der Waals surface area contributed by atoms with Crippen LogP contribution in [0.2, 0.25) is 5.02 Å². The number of aliphatic imine (C=N–C) groups is 1. The number of methoxy groups -OCH3 is 1. The van der Waals surface area contributed by atoms with Crippen LogP contribution in [0.1, 0.15) is 95.8 Å². The van der Waals surface area contributed by atoms with Crippen LogP contribution >= 0.6 is 11.6 Å². The first-order valence-electron chi connectivity index (χ1n) is 18.6. The number of ether oxygens (including phenoxy) is 2. The highest BCUT2D eigenvalue weighted by Crippen LogP contribution is 2.46. The van der Waals surface area contributed by atoms with E-state index in [2.05, 4.69) is 31.7 Å². The molecule has 4 aromatic rings. The molecule has 1 amide bonds. The minimum atomic E-state index is -0.813. The zero-order valence-corrected chi connectivity index (χ0v) is 33.0. The molecule has 5 heterocycles. The van der Waals surface area contributed by atoms with Crippen molar-refractivity contribution in [2.24, 2.45) is 16.3 Å². The molecule has 2 atom stereocenters. The molecule has 0 radical (unpaired) electrons. The van der Waals surface area contributed by atoms with Crippen molar-refractivity contribution < 1.29 is 23.5 Å². The van der Waals surface area contributed by atoms with E-state index in [4.69, 9.17) is 40.5 Å². The molecule has 3 aliphatic heterocycles. The lowest BCUT2D eigenvalue weighted by Gasteiger charge is -2.46. The van der Waals surface area contributed by atoms with Crippen LogP contribution in [0.3, 0.4) is 0 Å². The third kappa shape index (κ3) is 7.25. The molecule has 11 heteroatoms. The molecule has 2 fully saturated rings. The zero-order chi connectivity index (χ0) is 38.0. The van der Waals surface area contributed by atoms with Crippen molar-refractivity contribution in [1.29, 1.82) is 0 Å². The fourth-order valence-corrected chi connectivity index (χ4v) is 8.13. The third-order valence-electron chi connectivity index (χ3n) is 10.7. The Balaban J connectivity index is 1.26. The highest BCUT2D eigenvalue weighted by Gasteiger charge is 2.41. The van der Waals surface area contributed by atoms with Crippen molar-refractivity contribution in [3.8, 4) is 22.7 Å². The average molecular weight is 740 g/mol. The molecular formula is C42H50ClN5O5.